The zero-order valence-corrected chi connectivity index (χ0v) is 32.0. The molecule has 2 heterocycles. The molecule has 0 aliphatic carbocycles. The van der Waals surface area contributed by atoms with Crippen LogP contribution in [-0.4, -0.2) is 4.98 Å². The van der Waals surface area contributed by atoms with Crippen LogP contribution in [0.1, 0.15) is 0 Å². The van der Waals surface area contributed by atoms with E-state index in [4.69, 9.17) is 13.8 Å². The van der Waals surface area contributed by atoms with Gasteiger partial charge in [-0.25, -0.2) is 4.98 Å². The van der Waals surface area contributed by atoms with Gasteiger partial charge < -0.3 is 13.7 Å². The minimum absolute atomic E-state index is 0.593. The highest BCUT2D eigenvalue weighted by Gasteiger charge is 2.20. The summed E-state index contributed by atoms with van der Waals surface area (Å²) in [5.74, 6) is 0.593. The molecule has 0 saturated carbocycles. The molecule has 4 nitrogen and oxygen atoms in total. The van der Waals surface area contributed by atoms with Crippen LogP contribution in [0, 0.1) is 0 Å². The summed E-state index contributed by atoms with van der Waals surface area (Å²) >= 11 is 0. The van der Waals surface area contributed by atoms with Gasteiger partial charge in [0.05, 0.1) is 5.39 Å². The van der Waals surface area contributed by atoms with Crippen molar-refractivity contribution in [1.29, 1.82) is 0 Å². The molecule has 0 saturated heterocycles. The van der Waals surface area contributed by atoms with E-state index in [-0.39, 0.29) is 0 Å². The maximum Gasteiger partial charge on any atom is 0.227 e. The molecule has 0 N–H and O–H groups in total. The Bertz CT molecular complexity index is 3220. The van der Waals surface area contributed by atoms with Crippen LogP contribution in [0.5, 0.6) is 0 Å². The molecule has 0 amide bonds. The second-order valence-corrected chi connectivity index (χ2v) is 14.8. The minimum Gasteiger partial charge on any atom is -0.456 e. The van der Waals surface area contributed by atoms with Crippen molar-refractivity contribution in [2.45, 2.75) is 0 Å². The van der Waals surface area contributed by atoms with Crippen LogP contribution >= 0.6 is 0 Å². The first-order valence-corrected chi connectivity index (χ1v) is 19.9. The Labute approximate surface area is 341 Å². The van der Waals surface area contributed by atoms with E-state index >= 15 is 0 Å². The fourth-order valence-corrected chi connectivity index (χ4v) is 8.13. The van der Waals surface area contributed by atoms with Crippen molar-refractivity contribution in [1.82, 2.24) is 4.98 Å². The summed E-state index contributed by atoms with van der Waals surface area (Å²) in [4.78, 5) is 7.27. The standard InChI is InChI=1S/C55H36N2O2/c1-4-11-37(12-5-1)39-19-21-41(22-20-39)42-27-29-46(30-28-42)57(47-18-10-17-45(35-47)43-25-23-40(24-26-43)38-13-6-2-7-14-38)48-31-32-49-52(36-48)58-50-33-34-51-54(53(49)50)56-55(59-51)44-15-8-3-9-16-44/h1-36H. The van der Waals surface area contributed by atoms with Gasteiger partial charge in [0, 0.05) is 34.1 Å². The van der Waals surface area contributed by atoms with E-state index in [1.54, 1.807) is 0 Å². The lowest BCUT2D eigenvalue weighted by Crippen LogP contribution is -2.10. The fourth-order valence-electron chi connectivity index (χ4n) is 8.13. The predicted molar refractivity (Wildman–Crippen MR) is 243 cm³/mol. The average Bonchev–Trinajstić information content (AvgIpc) is 3.92. The second kappa shape index (κ2) is 14.5. The Hall–Kier alpha value is -7.95. The lowest BCUT2D eigenvalue weighted by atomic mass is 9.99. The van der Waals surface area contributed by atoms with E-state index in [1.165, 1.54) is 27.8 Å². The smallest absolute Gasteiger partial charge is 0.227 e. The van der Waals surface area contributed by atoms with E-state index in [9.17, 15) is 0 Å². The maximum atomic E-state index is 6.59. The zero-order valence-electron chi connectivity index (χ0n) is 32.0. The first-order valence-electron chi connectivity index (χ1n) is 19.9. The third kappa shape index (κ3) is 6.43. The Morgan fingerprint density at radius 2 is 0.763 bits per heavy atom. The van der Waals surface area contributed by atoms with Gasteiger partial charge in [-0.3, -0.25) is 0 Å². The molecule has 278 valence electrons. The van der Waals surface area contributed by atoms with Gasteiger partial charge in [0.2, 0.25) is 5.89 Å². The Morgan fingerprint density at radius 3 is 1.36 bits per heavy atom. The normalized spacial score (nSPS) is 11.4. The Balaban J connectivity index is 0.995. The summed E-state index contributed by atoms with van der Waals surface area (Å²) < 4.78 is 12.8. The molecule has 0 radical (unpaired) electrons. The van der Waals surface area contributed by atoms with E-state index in [0.29, 0.717) is 5.89 Å². The van der Waals surface area contributed by atoms with Gasteiger partial charge in [-0.1, -0.05) is 152 Å². The summed E-state index contributed by atoms with van der Waals surface area (Å²) in [6.07, 6.45) is 0. The van der Waals surface area contributed by atoms with E-state index in [1.807, 2.05) is 48.5 Å². The molecule has 0 aliphatic heterocycles. The van der Waals surface area contributed by atoms with Crippen molar-refractivity contribution in [3.05, 3.63) is 218 Å². The molecule has 0 atom stereocenters. The molecule has 11 rings (SSSR count). The number of furan rings is 1. The highest BCUT2D eigenvalue weighted by Crippen LogP contribution is 2.42. The lowest BCUT2D eigenvalue weighted by Gasteiger charge is -2.26. The second-order valence-electron chi connectivity index (χ2n) is 14.8. The monoisotopic (exact) mass is 756 g/mol. The number of oxazole rings is 1. The number of hydrogen-bond donors (Lipinski definition) is 0. The van der Waals surface area contributed by atoms with Crippen molar-refractivity contribution < 1.29 is 8.83 Å². The topological polar surface area (TPSA) is 42.4 Å². The van der Waals surface area contributed by atoms with Gasteiger partial charge >= 0.3 is 0 Å². The van der Waals surface area contributed by atoms with Crippen molar-refractivity contribution >= 4 is 50.1 Å². The maximum absolute atomic E-state index is 6.59. The van der Waals surface area contributed by atoms with Gasteiger partial charge in [-0.2, -0.15) is 0 Å². The number of nitrogens with zero attached hydrogens (tertiary/aromatic N) is 2. The molecule has 0 bridgehead atoms. The van der Waals surface area contributed by atoms with Gasteiger partial charge in [-0.05, 0) is 105 Å². The third-order valence-electron chi connectivity index (χ3n) is 11.1. The number of rotatable bonds is 8. The van der Waals surface area contributed by atoms with Gasteiger partial charge in [-0.15, -0.1) is 0 Å². The largest absolute Gasteiger partial charge is 0.456 e. The van der Waals surface area contributed by atoms with Crippen LogP contribution in [0.25, 0.3) is 89.0 Å². The molecular formula is C55H36N2O2. The van der Waals surface area contributed by atoms with Crippen LogP contribution in [0.4, 0.5) is 17.1 Å². The minimum atomic E-state index is 0.593. The molecule has 0 fully saturated rings. The van der Waals surface area contributed by atoms with E-state index in [0.717, 1.165) is 72.4 Å². The summed E-state index contributed by atoms with van der Waals surface area (Å²) in [6, 6.07) is 76.6. The van der Waals surface area contributed by atoms with Crippen molar-refractivity contribution in [3.8, 4) is 56.0 Å². The first-order chi connectivity index (χ1) is 29.2. The average molecular weight is 757 g/mol. The first kappa shape index (κ1) is 34.3. The van der Waals surface area contributed by atoms with Gasteiger partial charge in [0.1, 0.15) is 16.7 Å². The van der Waals surface area contributed by atoms with Gasteiger partial charge in [0.15, 0.2) is 5.58 Å². The molecule has 4 heteroatoms. The molecule has 0 aliphatic rings. The van der Waals surface area contributed by atoms with Crippen molar-refractivity contribution in [2.24, 2.45) is 0 Å². The summed E-state index contributed by atoms with van der Waals surface area (Å²) in [7, 11) is 0. The number of anilines is 3. The number of aromatic nitrogens is 1. The highest BCUT2D eigenvalue weighted by atomic mass is 16.4. The highest BCUT2D eigenvalue weighted by molar-refractivity contribution is 6.17. The van der Waals surface area contributed by atoms with Crippen LogP contribution in [0.2, 0.25) is 0 Å². The lowest BCUT2D eigenvalue weighted by molar-refractivity contribution is 0.619. The van der Waals surface area contributed by atoms with Crippen molar-refractivity contribution in [2.75, 3.05) is 4.90 Å². The van der Waals surface area contributed by atoms with Crippen LogP contribution < -0.4 is 4.90 Å². The molecule has 59 heavy (non-hydrogen) atoms. The molecule has 11 aromatic rings. The zero-order chi connectivity index (χ0) is 39.1. The summed E-state index contributed by atoms with van der Waals surface area (Å²) in [5.41, 5.74) is 16.5. The number of benzene rings is 9. The summed E-state index contributed by atoms with van der Waals surface area (Å²) in [5, 5.41) is 1.94. The predicted octanol–water partition coefficient (Wildman–Crippen LogP) is 15.5. The van der Waals surface area contributed by atoms with Crippen LogP contribution in [0.15, 0.2) is 227 Å². The molecule has 2 aromatic heterocycles. The number of fused-ring (bicyclic) bond motifs is 5. The van der Waals surface area contributed by atoms with E-state index < -0.39 is 0 Å². The van der Waals surface area contributed by atoms with Crippen molar-refractivity contribution in [3.63, 3.8) is 0 Å². The van der Waals surface area contributed by atoms with E-state index in [2.05, 4.69) is 175 Å². The number of hydrogen-bond acceptors (Lipinski definition) is 4. The molecular weight excluding hydrogens is 721 g/mol. The summed E-state index contributed by atoms with van der Waals surface area (Å²) in [6.45, 7) is 0. The quantitative estimate of drug-likeness (QED) is 0.155. The Kier molecular flexibility index (Phi) is 8.45. The van der Waals surface area contributed by atoms with Gasteiger partial charge in [0.25, 0.3) is 0 Å². The van der Waals surface area contributed by atoms with Crippen LogP contribution in [-0.2, 0) is 0 Å². The Morgan fingerprint density at radius 1 is 0.305 bits per heavy atom. The SMILES string of the molecule is c1ccc(-c2ccc(-c3ccc(N(c4cccc(-c5ccc(-c6ccccc6)cc5)c4)c4ccc5c(c4)oc4ccc6oc(-c7ccccc7)nc6c45)cc3)cc2)cc1. The molecule has 0 unspecified atom stereocenters. The molecule has 0 spiro atoms. The third-order valence-corrected chi connectivity index (χ3v) is 11.1. The molecule has 9 aromatic carbocycles. The fraction of sp³-hybridized carbons (Fsp3) is 0. The van der Waals surface area contributed by atoms with Crippen LogP contribution in [0.3, 0.4) is 0 Å².